The van der Waals surface area contributed by atoms with Crippen LogP contribution in [0.15, 0.2) is 30.3 Å². The number of aldehydes is 1. The van der Waals surface area contributed by atoms with Crippen LogP contribution in [0.3, 0.4) is 0 Å². The minimum absolute atomic E-state index is 0.553. The number of carbonyl (C=O) groups is 1. The third-order valence-corrected chi connectivity index (χ3v) is 2.66. The van der Waals surface area contributed by atoms with Crippen molar-refractivity contribution < 1.29 is 14.3 Å². The van der Waals surface area contributed by atoms with E-state index in [0.29, 0.717) is 24.5 Å². The van der Waals surface area contributed by atoms with E-state index in [1.807, 2.05) is 38.1 Å². The number of carbonyl (C=O) groups excluding carboxylic acids is 1. The highest BCUT2D eigenvalue weighted by molar-refractivity contribution is 5.97. The summed E-state index contributed by atoms with van der Waals surface area (Å²) in [4.78, 5) is 10.9. The van der Waals surface area contributed by atoms with Gasteiger partial charge >= 0.3 is 0 Å². The Balaban J connectivity index is 2.69. The van der Waals surface area contributed by atoms with Crippen molar-refractivity contribution in [3.63, 3.8) is 0 Å². The summed E-state index contributed by atoms with van der Waals surface area (Å²) < 4.78 is 11.2. The van der Waals surface area contributed by atoms with Crippen LogP contribution in [-0.4, -0.2) is 19.5 Å². The lowest BCUT2D eigenvalue weighted by molar-refractivity contribution is 0.112. The summed E-state index contributed by atoms with van der Waals surface area (Å²) in [7, 11) is 0. The molecule has 18 heavy (non-hydrogen) atoms. The zero-order valence-corrected chi connectivity index (χ0v) is 10.6. The molecule has 3 nitrogen and oxygen atoms in total. The van der Waals surface area contributed by atoms with E-state index in [0.717, 1.165) is 22.8 Å². The fourth-order valence-electron chi connectivity index (χ4n) is 1.99. The van der Waals surface area contributed by atoms with E-state index in [-0.39, 0.29) is 0 Å². The van der Waals surface area contributed by atoms with E-state index in [9.17, 15) is 4.79 Å². The average molecular weight is 244 g/mol. The Kier molecular flexibility index (Phi) is 3.82. The molecule has 0 radical (unpaired) electrons. The van der Waals surface area contributed by atoms with Gasteiger partial charge in [0.15, 0.2) is 0 Å². The fraction of sp³-hybridized carbons (Fsp3) is 0.267. The molecule has 0 fully saturated rings. The summed E-state index contributed by atoms with van der Waals surface area (Å²) in [5.74, 6) is 1.48. The van der Waals surface area contributed by atoms with E-state index in [4.69, 9.17) is 9.47 Å². The highest BCUT2D eigenvalue weighted by atomic mass is 16.5. The maximum Gasteiger partial charge on any atom is 0.150 e. The van der Waals surface area contributed by atoms with Gasteiger partial charge in [0.05, 0.1) is 18.6 Å². The highest BCUT2D eigenvalue weighted by Gasteiger charge is 2.10. The molecule has 94 valence electrons. The Morgan fingerprint density at radius 2 is 1.78 bits per heavy atom. The molecule has 0 aromatic heterocycles. The number of benzene rings is 2. The lowest BCUT2D eigenvalue weighted by Gasteiger charge is -2.13. The lowest BCUT2D eigenvalue weighted by atomic mass is 10.1. The van der Waals surface area contributed by atoms with Crippen molar-refractivity contribution in [2.75, 3.05) is 13.2 Å². The standard InChI is InChI=1S/C15H16O3/c1-3-17-13-7-5-6-12-8-11(10-16)9-14(15(12)13)18-4-2/h5-10H,3-4H2,1-2H3. The van der Waals surface area contributed by atoms with Gasteiger partial charge in [-0.15, -0.1) is 0 Å². The molecular weight excluding hydrogens is 228 g/mol. The third-order valence-electron chi connectivity index (χ3n) is 2.66. The van der Waals surface area contributed by atoms with Gasteiger partial charge in [-0.25, -0.2) is 0 Å². The second-order valence-corrected chi connectivity index (χ2v) is 3.86. The van der Waals surface area contributed by atoms with Crippen molar-refractivity contribution in [3.8, 4) is 11.5 Å². The van der Waals surface area contributed by atoms with Gasteiger partial charge in [-0.1, -0.05) is 12.1 Å². The van der Waals surface area contributed by atoms with Crippen molar-refractivity contribution in [2.24, 2.45) is 0 Å². The number of fused-ring (bicyclic) bond motifs is 1. The summed E-state index contributed by atoms with van der Waals surface area (Å²) in [6.45, 7) is 5.01. The molecule has 0 aliphatic carbocycles. The third kappa shape index (κ3) is 2.30. The summed E-state index contributed by atoms with van der Waals surface area (Å²) in [5.41, 5.74) is 0.611. The largest absolute Gasteiger partial charge is 0.493 e. The van der Waals surface area contributed by atoms with Crippen LogP contribution in [0.25, 0.3) is 10.8 Å². The SMILES string of the molecule is CCOc1cccc2cc(C=O)cc(OCC)c12. The van der Waals surface area contributed by atoms with Gasteiger partial charge in [0, 0.05) is 5.56 Å². The van der Waals surface area contributed by atoms with E-state index in [1.54, 1.807) is 6.07 Å². The Hall–Kier alpha value is -2.03. The maximum absolute atomic E-state index is 10.9. The van der Waals surface area contributed by atoms with E-state index in [1.165, 1.54) is 0 Å². The van der Waals surface area contributed by atoms with E-state index >= 15 is 0 Å². The van der Waals surface area contributed by atoms with Crippen LogP contribution in [0, 0.1) is 0 Å². The van der Waals surface area contributed by atoms with Crippen molar-refractivity contribution in [3.05, 3.63) is 35.9 Å². The van der Waals surface area contributed by atoms with Crippen LogP contribution in [0.1, 0.15) is 24.2 Å². The molecule has 2 rings (SSSR count). The monoisotopic (exact) mass is 244 g/mol. The summed E-state index contributed by atoms with van der Waals surface area (Å²) >= 11 is 0. The van der Waals surface area contributed by atoms with Crippen LogP contribution in [0.5, 0.6) is 11.5 Å². The van der Waals surface area contributed by atoms with Gasteiger partial charge in [-0.2, -0.15) is 0 Å². The first-order chi connectivity index (χ1) is 8.80. The molecule has 0 atom stereocenters. The smallest absolute Gasteiger partial charge is 0.150 e. The molecule has 2 aromatic carbocycles. The summed E-state index contributed by atoms with van der Waals surface area (Å²) in [5, 5.41) is 1.88. The van der Waals surface area contributed by atoms with E-state index in [2.05, 4.69) is 0 Å². The van der Waals surface area contributed by atoms with Crippen LogP contribution in [0.2, 0.25) is 0 Å². The van der Waals surface area contributed by atoms with E-state index < -0.39 is 0 Å². The molecule has 0 bridgehead atoms. The molecule has 0 heterocycles. The van der Waals surface area contributed by atoms with Gasteiger partial charge in [-0.3, -0.25) is 4.79 Å². The molecule has 0 amide bonds. The number of ether oxygens (including phenoxy) is 2. The van der Waals surface area contributed by atoms with Crippen molar-refractivity contribution >= 4 is 17.1 Å². The second kappa shape index (κ2) is 5.54. The van der Waals surface area contributed by atoms with Gasteiger partial charge in [0.25, 0.3) is 0 Å². The van der Waals surface area contributed by atoms with Crippen LogP contribution in [-0.2, 0) is 0 Å². The Labute approximate surface area is 106 Å². The Morgan fingerprint density at radius 1 is 1.06 bits per heavy atom. The molecule has 0 aliphatic rings. The minimum Gasteiger partial charge on any atom is -0.493 e. The Morgan fingerprint density at radius 3 is 2.44 bits per heavy atom. The maximum atomic E-state index is 10.9. The molecule has 2 aromatic rings. The van der Waals surface area contributed by atoms with Crippen molar-refractivity contribution in [1.82, 2.24) is 0 Å². The highest BCUT2D eigenvalue weighted by Crippen LogP contribution is 2.35. The van der Waals surface area contributed by atoms with Gasteiger partial charge in [-0.05, 0) is 37.4 Å². The van der Waals surface area contributed by atoms with Crippen molar-refractivity contribution in [2.45, 2.75) is 13.8 Å². The first-order valence-corrected chi connectivity index (χ1v) is 6.07. The summed E-state index contributed by atoms with van der Waals surface area (Å²) in [6.07, 6.45) is 0.829. The fourth-order valence-corrected chi connectivity index (χ4v) is 1.99. The minimum atomic E-state index is 0.553. The molecule has 0 unspecified atom stereocenters. The van der Waals surface area contributed by atoms with Gasteiger partial charge in [0.1, 0.15) is 17.8 Å². The second-order valence-electron chi connectivity index (χ2n) is 3.86. The summed E-state index contributed by atoms with van der Waals surface area (Å²) in [6, 6.07) is 9.37. The predicted molar refractivity (Wildman–Crippen MR) is 71.7 cm³/mol. The first kappa shape index (κ1) is 12.4. The lowest BCUT2D eigenvalue weighted by Crippen LogP contribution is -1.97. The zero-order chi connectivity index (χ0) is 13.0. The molecular formula is C15H16O3. The first-order valence-electron chi connectivity index (χ1n) is 6.07. The predicted octanol–water partition coefficient (Wildman–Crippen LogP) is 3.45. The molecule has 0 aliphatic heterocycles. The molecule has 0 N–H and O–H groups in total. The number of hydrogen-bond acceptors (Lipinski definition) is 3. The van der Waals surface area contributed by atoms with Gasteiger partial charge in [0.2, 0.25) is 0 Å². The molecule has 0 saturated heterocycles. The molecule has 0 saturated carbocycles. The molecule has 0 spiro atoms. The van der Waals surface area contributed by atoms with Crippen LogP contribution < -0.4 is 9.47 Å². The quantitative estimate of drug-likeness (QED) is 0.756. The van der Waals surface area contributed by atoms with Gasteiger partial charge < -0.3 is 9.47 Å². The number of hydrogen-bond donors (Lipinski definition) is 0. The zero-order valence-electron chi connectivity index (χ0n) is 10.6. The van der Waals surface area contributed by atoms with Crippen LogP contribution >= 0.6 is 0 Å². The van der Waals surface area contributed by atoms with Crippen molar-refractivity contribution in [1.29, 1.82) is 0 Å². The number of rotatable bonds is 5. The van der Waals surface area contributed by atoms with Crippen LogP contribution in [0.4, 0.5) is 0 Å². The Bertz CT molecular complexity index is 561. The normalized spacial score (nSPS) is 10.3. The molecule has 3 heteroatoms. The topological polar surface area (TPSA) is 35.5 Å². The average Bonchev–Trinajstić information content (AvgIpc) is 2.39.